The third-order valence-electron chi connectivity index (χ3n) is 4.61. The van der Waals surface area contributed by atoms with E-state index in [1.165, 1.54) is 36.9 Å². The number of hydrogen-bond donors (Lipinski definition) is 0. The molecular formula is C25H42N5O10PS. The Bertz CT molecular complexity index is 1240. The van der Waals surface area contributed by atoms with Gasteiger partial charge in [0.05, 0.1) is 36.7 Å². The van der Waals surface area contributed by atoms with E-state index in [0.29, 0.717) is 0 Å². The molecule has 0 aliphatic heterocycles. The van der Waals surface area contributed by atoms with Gasteiger partial charge in [-0.15, -0.1) is 16.8 Å². The Labute approximate surface area is 250 Å². The number of imidazole rings is 1. The summed E-state index contributed by atoms with van der Waals surface area (Å²) in [6, 6.07) is 0. The minimum absolute atomic E-state index is 0.0163. The second-order valence-electron chi connectivity index (χ2n) is 10.7. The van der Waals surface area contributed by atoms with Crippen LogP contribution in [0.2, 0.25) is 0 Å². The van der Waals surface area contributed by atoms with Crippen LogP contribution in [0.15, 0.2) is 6.33 Å². The molecule has 0 aliphatic rings. The van der Waals surface area contributed by atoms with E-state index in [2.05, 4.69) is 15.0 Å². The van der Waals surface area contributed by atoms with E-state index in [-0.39, 0.29) is 54.9 Å². The highest BCUT2D eigenvalue weighted by atomic mass is 32.2. The van der Waals surface area contributed by atoms with Crippen LogP contribution >= 0.6 is 19.4 Å². The van der Waals surface area contributed by atoms with E-state index in [1.807, 2.05) is 0 Å². The van der Waals surface area contributed by atoms with Crippen LogP contribution in [-0.4, -0.2) is 87.2 Å². The van der Waals surface area contributed by atoms with Gasteiger partial charge in [-0.1, -0.05) is 0 Å². The van der Waals surface area contributed by atoms with Gasteiger partial charge in [-0.05, 0) is 55.4 Å². The minimum Gasteiger partial charge on any atom is -0.479 e. The summed E-state index contributed by atoms with van der Waals surface area (Å²) in [5.74, 6) is -0.590. The number of hydroxylamine groups is 1. The van der Waals surface area contributed by atoms with Gasteiger partial charge >= 0.3 is 19.7 Å². The normalized spacial score (nSPS) is 13.1. The molecule has 0 aliphatic carbocycles. The first-order valence-electron chi connectivity index (χ1n) is 13.3. The fourth-order valence-electron chi connectivity index (χ4n) is 3.13. The fourth-order valence-corrected chi connectivity index (χ4v) is 6.48. The number of hydrogen-bond acceptors (Lipinski definition) is 14. The number of carbonyl (C=O) groups excluding carboxylic acids is 2. The maximum absolute atomic E-state index is 13.1. The minimum atomic E-state index is -3.37. The Balaban J connectivity index is 2.41. The molecule has 2 rings (SSSR count). The number of carbonyl (C=O) groups is 2. The summed E-state index contributed by atoms with van der Waals surface area (Å²) in [6.07, 6.45) is 0.518. The van der Waals surface area contributed by atoms with Crippen LogP contribution in [0.3, 0.4) is 0 Å². The van der Waals surface area contributed by atoms with Gasteiger partial charge in [-0.25, -0.2) is 9.78 Å². The highest BCUT2D eigenvalue weighted by Crippen LogP contribution is 2.51. The van der Waals surface area contributed by atoms with Crippen LogP contribution in [0.25, 0.3) is 11.2 Å². The molecule has 1 unspecified atom stereocenters. The van der Waals surface area contributed by atoms with Gasteiger partial charge in [0.1, 0.15) is 25.1 Å². The maximum atomic E-state index is 13.1. The third-order valence-corrected chi connectivity index (χ3v) is 8.52. The molecule has 0 bridgehead atoms. The van der Waals surface area contributed by atoms with Gasteiger partial charge in [0.2, 0.25) is 11.5 Å². The molecule has 0 spiro atoms. The maximum Gasteiger partial charge on any atom is 0.442 e. The lowest BCUT2D eigenvalue weighted by atomic mass is 10.2. The highest BCUT2D eigenvalue weighted by molar-refractivity contribution is 8.05. The molecule has 2 aromatic heterocycles. The van der Waals surface area contributed by atoms with Gasteiger partial charge in [0.25, 0.3) is 5.95 Å². The zero-order chi connectivity index (χ0) is 31.7. The highest BCUT2D eigenvalue weighted by Gasteiger charge is 2.32. The first-order chi connectivity index (χ1) is 19.5. The molecule has 0 saturated heterocycles. The summed E-state index contributed by atoms with van der Waals surface area (Å²) < 4.78 is 41.1. The smallest absolute Gasteiger partial charge is 0.442 e. The molecular weight excluding hydrogens is 593 g/mol. The zero-order valence-electron chi connectivity index (χ0n) is 25.9. The van der Waals surface area contributed by atoms with Crippen molar-refractivity contribution < 1.29 is 47.1 Å². The fraction of sp³-hybridized carbons (Fsp3) is 0.720. The summed E-state index contributed by atoms with van der Waals surface area (Å²) in [4.78, 5) is 49.5. The van der Waals surface area contributed by atoms with Crippen molar-refractivity contribution in [3.05, 3.63) is 6.33 Å². The first kappa shape index (κ1) is 35.5. The molecule has 0 aromatic carbocycles. The molecule has 1 amide bonds. The number of nitrogens with zero attached hydrogens (tertiary/aromatic N) is 5. The molecule has 0 radical (unpaired) electrons. The predicted molar refractivity (Wildman–Crippen MR) is 157 cm³/mol. The average Bonchev–Trinajstić information content (AvgIpc) is 3.27. The molecule has 0 fully saturated rings. The van der Waals surface area contributed by atoms with Crippen molar-refractivity contribution >= 4 is 48.5 Å². The van der Waals surface area contributed by atoms with Crippen molar-refractivity contribution in [2.45, 2.75) is 78.8 Å². The number of ether oxygens (including phenoxy) is 3. The number of amides is 1. The molecule has 1 atom stereocenters. The number of fused-ring (bicyclic) bond motifs is 1. The van der Waals surface area contributed by atoms with E-state index in [0.717, 1.165) is 5.06 Å². The summed E-state index contributed by atoms with van der Waals surface area (Å²) in [6.45, 7) is 15.6. The molecule has 238 valence electrons. The van der Waals surface area contributed by atoms with E-state index >= 15 is 0 Å². The third kappa shape index (κ3) is 11.2. The van der Waals surface area contributed by atoms with Gasteiger partial charge in [-0.2, -0.15) is 14.7 Å². The van der Waals surface area contributed by atoms with Crippen molar-refractivity contribution in [2.24, 2.45) is 0 Å². The lowest BCUT2D eigenvalue weighted by Crippen LogP contribution is -2.42. The second-order valence-corrected chi connectivity index (χ2v) is 14.5. The molecule has 42 heavy (non-hydrogen) atoms. The Kier molecular flexibility index (Phi) is 12.9. The summed E-state index contributed by atoms with van der Waals surface area (Å²) in [5.41, 5.74) is -1.21. The Morgan fingerprint density at radius 3 is 2.21 bits per heavy atom. The quantitative estimate of drug-likeness (QED) is 0.151. The average molecular weight is 636 g/mol. The van der Waals surface area contributed by atoms with Gasteiger partial charge in [-0.3, -0.25) is 14.2 Å². The van der Waals surface area contributed by atoms with Crippen molar-refractivity contribution in [1.29, 1.82) is 0 Å². The van der Waals surface area contributed by atoms with E-state index in [9.17, 15) is 14.2 Å². The van der Waals surface area contributed by atoms with Crippen LogP contribution in [0.4, 0.5) is 10.7 Å². The topological polar surface area (TPSA) is 163 Å². The number of rotatable bonds is 15. The summed E-state index contributed by atoms with van der Waals surface area (Å²) >= 11 is 1.21. The van der Waals surface area contributed by atoms with Crippen molar-refractivity contribution in [3.8, 4) is 5.88 Å². The second kappa shape index (κ2) is 15.2. The van der Waals surface area contributed by atoms with Crippen molar-refractivity contribution in [1.82, 2.24) is 19.7 Å². The number of methoxy groups -OCH3 is 1. The predicted octanol–water partition coefficient (Wildman–Crippen LogP) is 4.62. The van der Waals surface area contributed by atoms with Crippen molar-refractivity contribution in [3.63, 3.8) is 0 Å². The Morgan fingerprint density at radius 1 is 1.05 bits per heavy atom. The van der Waals surface area contributed by atoms with Gasteiger partial charge in [0, 0.05) is 6.92 Å². The molecule has 0 N–H and O–H groups in total. The number of thioether (sulfide) groups is 1. The lowest BCUT2D eigenvalue weighted by Gasteiger charge is -2.30. The molecule has 2 heterocycles. The van der Waals surface area contributed by atoms with E-state index < -0.39 is 36.1 Å². The van der Waals surface area contributed by atoms with Crippen LogP contribution in [0.5, 0.6) is 5.88 Å². The molecule has 0 saturated carbocycles. The standard InChI is InChI=1S/C25H42N5O10PS/c1-11-37-41(33,38-12-2)16-42-18(13-35-17(3)31)14-36-29-15-26-19-20(29)27-22(28-21(19)34-10)30(40-25(7,8)9)23(32)39-24(4,5)6/h15,18H,11-14,16H2,1-10H3. The Hall–Kier alpha value is -2.65. The van der Waals surface area contributed by atoms with Gasteiger partial charge in [0.15, 0.2) is 5.52 Å². The van der Waals surface area contributed by atoms with Crippen LogP contribution in [0.1, 0.15) is 62.3 Å². The van der Waals surface area contributed by atoms with Crippen LogP contribution in [0, 0.1) is 0 Å². The monoisotopic (exact) mass is 635 g/mol. The zero-order valence-corrected chi connectivity index (χ0v) is 27.6. The van der Waals surface area contributed by atoms with Gasteiger partial charge < -0.3 is 28.1 Å². The number of anilines is 1. The number of aromatic nitrogens is 4. The number of esters is 1. The lowest BCUT2D eigenvalue weighted by molar-refractivity contribution is -0.141. The SMILES string of the molecule is CCOP(=O)(CSC(COC(C)=O)COn1cnc2c(OC)nc(N(OC(C)(C)C)C(=O)OC(C)(C)C)nc21)OCC. The van der Waals surface area contributed by atoms with E-state index in [4.69, 9.17) is 32.9 Å². The summed E-state index contributed by atoms with van der Waals surface area (Å²) in [7, 11) is -1.97. The molecule has 17 heteroatoms. The van der Waals surface area contributed by atoms with Crippen LogP contribution < -0.4 is 14.6 Å². The molecule has 2 aromatic rings. The van der Waals surface area contributed by atoms with Crippen LogP contribution in [-0.2, 0) is 32.7 Å². The summed E-state index contributed by atoms with van der Waals surface area (Å²) in [5, 5.41) is 0.384. The first-order valence-corrected chi connectivity index (χ1v) is 16.1. The van der Waals surface area contributed by atoms with E-state index in [1.54, 1.807) is 55.4 Å². The Morgan fingerprint density at radius 2 is 1.69 bits per heavy atom. The van der Waals surface area contributed by atoms with Crippen molar-refractivity contribution in [2.75, 3.05) is 44.1 Å². The largest absolute Gasteiger partial charge is 0.479 e. The molecule has 15 nitrogen and oxygen atoms in total.